The number of pyridine rings is 1. The highest BCUT2D eigenvalue weighted by Crippen LogP contribution is 2.14. The molecule has 0 saturated carbocycles. The van der Waals surface area contributed by atoms with Crippen LogP contribution in [0.2, 0.25) is 0 Å². The maximum atomic E-state index is 5.46. The average molecular weight is 194 g/mol. The lowest BCUT2D eigenvalue weighted by Gasteiger charge is -2.07. The Morgan fingerprint density at radius 1 is 1.43 bits per heavy atom. The summed E-state index contributed by atoms with van der Waals surface area (Å²) in [4.78, 5) is 4.31. The Labute approximate surface area is 85.5 Å². The van der Waals surface area contributed by atoms with Crippen molar-refractivity contribution >= 4 is 0 Å². The molecule has 0 spiro atoms. The van der Waals surface area contributed by atoms with Crippen molar-refractivity contribution in [1.29, 1.82) is 0 Å². The number of aromatic nitrogens is 1. The van der Waals surface area contributed by atoms with Crippen LogP contribution in [0.25, 0.3) is 0 Å². The number of nitrogens with one attached hydrogen (secondary N) is 1. The molecule has 0 aromatic carbocycles. The van der Waals surface area contributed by atoms with E-state index in [9.17, 15) is 0 Å². The average Bonchev–Trinajstić information content (AvgIpc) is 2.19. The van der Waals surface area contributed by atoms with Gasteiger partial charge in [-0.3, -0.25) is 4.98 Å². The lowest BCUT2D eigenvalue weighted by atomic mass is 10.1. The predicted octanol–water partition coefficient (Wildman–Crippen LogP) is 1.80. The van der Waals surface area contributed by atoms with Crippen molar-refractivity contribution < 1.29 is 4.74 Å². The van der Waals surface area contributed by atoms with Crippen molar-refractivity contribution in [3.05, 3.63) is 24.0 Å². The van der Waals surface area contributed by atoms with Crippen LogP contribution in [0.15, 0.2) is 18.3 Å². The summed E-state index contributed by atoms with van der Waals surface area (Å²) in [6.07, 6.45) is 1.78. The van der Waals surface area contributed by atoms with Crippen molar-refractivity contribution in [2.75, 3.05) is 20.2 Å². The van der Waals surface area contributed by atoms with Gasteiger partial charge >= 0.3 is 0 Å². The zero-order valence-electron chi connectivity index (χ0n) is 9.08. The minimum absolute atomic E-state index is 0.473. The van der Waals surface area contributed by atoms with Gasteiger partial charge in [0, 0.05) is 12.2 Å². The predicted molar refractivity (Wildman–Crippen MR) is 57.7 cm³/mol. The molecule has 0 unspecified atom stereocenters. The van der Waals surface area contributed by atoms with Crippen LogP contribution in [0.4, 0.5) is 0 Å². The van der Waals surface area contributed by atoms with Gasteiger partial charge in [0.2, 0.25) is 0 Å². The molecule has 1 aromatic rings. The molecule has 78 valence electrons. The first-order valence-electron chi connectivity index (χ1n) is 4.97. The van der Waals surface area contributed by atoms with E-state index in [4.69, 9.17) is 4.74 Å². The van der Waals surface area contributed by atoms with Gasteiger partial charge in [0.15, 0.2) is 0 Å². The van der Waals surface area contributed by atoms with Crippen LogP contribution in [0.1, 0.15) is 25.5 Å². The van der Waals surface area contributed by atoms with Crippen LogP contribution in [0, 0.1) is 0 Å². The Morgan fingerprint density at radius 2 is 2.21 bits per heavy atom. The van der Waals surface area contributed by atoms with Crippen molar-refractivity contribution in [2.45, 2.75) is 19.8 Å². The van der Waals surface area contributed by atoms with Crippen LogP contribution in [0.5, 0.6) is 5.75 Å². The van der Waals surface area contributed by atoms with Crippen LogP contribution in [-0.2, 0) is 0 Å². The number of hydrogen-bond donors (Lipinski definition) is 1. The maximum Gasteiger partial charge on any atom is 0.137 e. The second-order valence-corrected chi connectivity index (χ2v) is 3.53. The third-order valence-electron chi connectivity index (χ3n) is 1.97. The summed E-state index contributed by atoms with van der Waals surface area (Å²) < 4.78 is 5.46. The second-order valence-electron chi connectivity index (χ2n) is 3.53. The number of rotatable bonds is 5. The minimum atomic E-state index is 0.473. The monoisotopic (exact) mass is 194 g/mol. The highest BCUT2D eigenvalue weighted by Gasteiger charge is 2.00. The zero-order valence-corrected chi connectivity index (χ0v) is 9.08. The molecule has 0 fully saturated rings. The fourth-order valence-electron chi connectivity index (χ4n) is 1.09. The molecule has 1 heterocycles. The van der Waals surface area contributed by atoms with Crippen LogP contribution in [0.3, 0.4) is 0 Å². The van der Waals surface area contributed by atoms with Crippen LogP contribution in [-0.4, -0.2) is 25.2 Å². The molecular formula is C11H18N2O. The van der Waals surface area contributed by atoms with Gasteiger partial charge in [-0.05, 0) is 25.1 Å². The third-order valence-corrected chi connectivity index (χ3v) is 1.97. The van der Waals surface area contributed by atoms with Crippen molar-refractivity contribution in [2.24, 2.45) is 0 Å². The largest absolute Gasteiger partial charge is 0.491 e. The highest BCUT2D eigenvalue weighted by atomic mass is 16.5. The second kappa shape index (κ2) is 5.60. The summed E-state index contributed by atoms with van der Waals surface area (Å²) in [5, 5.41) is 3.02. The lowest BCUT2D eigenvalue weighted by Crippen LogP contribution is -2.16. The summed E-state index contributed by atoms with van der Waals surface area (Å²) in [6.45, 7) is 5.79. The topological polar surface area (TPSA) is 34.1 Å². The third kappa shape index (κ3) is 3.34. The molecule has 0 amide bonds. The summed E-state index contributed by atoms with van der Waals surface area (Å²) in [5.41, 5.74) is 1.10. The Balaban J connectivity index is 2.47. The van der Waals surface area contributed by atoms with E-state index in [1.54, 1.807) is 6.20 Å². The maximum absolute atomic E-state index is 5.46. The molecule has 0 radical (unpaired) electrons. The van der Waals surface area contributed by atoms with Gasteiger partial charge in [0.05, 0.1) is 6.20 Å². The van der Waals surface area contributed by atoms with E-state index < -0.39 is 0 Å². The van der Waals surface area contributed by atoms with Gasteiger partial charge in [0.25, 0.3) is 0 Å². The molecular weight excluding hydrogens is 176 g/mol. The number of nitrogens with zero attached hydrogens (tertiary/aromatic N) is 1. The minimum Gasteiger partial charge on any atom is -0.491 e. The summed E-state index contributed by atoms with van der Waals surface area (Å²) in [7, 11) is 1.91. The van der Waals surface area contributed by atoms with Crippen molar-refractivity contribution in [3.8, 4) is 5.75 Å². The normalized spacial score (nSPS) is 10.6. The van der Waals surface area contributed by atoms with Crippen LogP contribution >= 0.6 is 0 Å². The Kier molecular flexibility index (Phi) is 4.40. The van der Waals surface area contributed by atoms with Gasteiger partial charge in [-0.15, -0.1) is 0 Å². The van der Waals surface area contributed by atoms with E-state index in [1.807, 2.05) is 19.2 Å². The van der Waals surface area contributed by atoms with Gasteiger partial charge in [-0.1, -0.05) is 13.8 Å². The molecule has 1 N–H and O–H groups in total. The lowest BCUT2D eigenvalue weighted by molar-refractivity contribution is 0.317. The van der Waals surface area contributed by atoms with E-state index >= 15 is 0 Å². The first-order chi connectivity index (χ1) is 6.74. The fourth-order valence-corrected chi connectivity index (χ4v) is 1.09. The first kappa shape index (κ1) is 11.0. The molecule has 0 aliphatic rings. The highest BCUT2D eigenvalue weighted by molar-refractivity contribution is 5.21. The van der Waals surface area contributed by atoms with E-state index in [1.165, 1.54) is 0 Å². The van der Waals surface area contributed by atoms with Crippen molar-refractivity contribution in [3.63, 3.8) is 0 Å². The van der Waals surface area contributed by atoms with E-state index in [0.717, 1.165) is 18.0 Å². The molecule has 14 heavy (non-hydrogen) atoms. The Hall–Kier alpha value is -1.09. The van der Waals surface area contributed by atoms with Crippen molar-refractivity contribution in [1.82, 2.24) is 10.3 Å². The SMILES string of the molecule is CNCCOc1ccc(C(C)C)nc1. The quantitative estimate of drug-likeness (QED) is 0.726. The van der Waals surface area contributed by atoms with Gasteiger partial charge in [0.1, 0.15) is 12.4 Å². The zero-order chi connectivity index (χ0) is 10.4. The fraction of sp³-hybridized carbons (Fsp3) is 0.545. The van der Waals surface area contributed by atoms with Gasteiger partial charge in [-0.2, -0.15) is 0 Å². The first-order valence-corrected chi connectivity index (χ1v) is 4.97. The van der Waals surface area contributed by atoms with E-state index in [-0.39, 0.29) is 0 Å². The number of ether oxygens (including phenoxy) is 1. The molecule has 0 bridgehead atoms. The molecule has 1 rings (SSSR count). The Bertz CT molecular complexity index is 256. The number of likely N-dealkylation sites (N-methyl/N-ethyl adjacent to an activating group) is 1. The standard InChI is InChI=1S/C11H18N2O/c1-9(2)11-5-4-10(8-13-11)14-7-6-12-3/h4-5,8-9,12H,6-7H2,1-3H3. The molecule has 0 saturated heterocycles. The molecule has 0 atom stereocenters. The summed E-state index contributed by atoms with van der Waals surface area (Å²) in [5.74, 6) is 1.31. The molecule has 3 nitrogen and oxygen atoms in total. The molecule has 1 aromatic heterocycles. The van der Waals surface area contributed by atoms with Gasteiger partial charge < -0.3 is 10.1 Å². The van der Waals surface area contributed by atoms with E-state index in [2.05, 4.69) is 24.1 Å². The molecule has 0 aliphatic carbocycles. The summed E-state index contributed by atoms with van der Waals surface area (Å²) >= 11 is 0. The Morgan fingerprint density at radius 3 is 2.71 bits per heavy atom. The molecule has 3 heteroatoms. The smallest absolute Gasteiger partial charge is 0.137 e. The van der Waals surface area contributed by atoms with E-state index in [0.29, 0.717) is 12.5 Å². The van der Waals surface area contributed by atoms with Crippen LogP contribution < -0.4 is 10.1 Å². The molecule has 0 aliphatic heterocycles. The van der Waals surface area contributed by atoms with Gasteiger partial charge in [-0.25, -0.2) is 0 Å². The number of hydrogen-bond acceptors (Lipinski definition) is 3. The summed E-state index contributed by atoms with van der Waals surface area (Å²) in [6, 6.07) is 3.98.